The van der Waals surface area contributed by atoms with Crippen LogP contribution in [0.1, 0.15) is 12.5 Å². The molecule has 7 heteroatoms. The minimum absolute atomic E-state index is 0.0506. The van der Waals surface area contributed by atoms with Gasteiger partial charge in [-0.15, -0.1) is 0 Å². The van der Waals surface area contributed by atoms with Crippen molar-refractivity contribution in [2.24, 2.45) is 0 Å². The average molecular weight is 257 g/mol. The van der Waals surface area contributed by atoms with Crippen molar-refractivity contribution >= 4 is 23.5 Å². The van der Waals surface area contributed by atoms with Crippen LogP contribution < -0.4 is 10.6 Å². The van der Waals surface area contributed by atoms with Crippen LogP contribution in [0.15, 0.2) is 36.7 Å². The molecule has 1 aromatic carbocycles. The number of carbonyl (C=O) groups is 2. The van der Waals surface area contributed by atoms with E-state index in [4.69, 9.17) is 0 Å². The molecule has 0 saturated carbocycles. The molecule has 7 nitrogen and oxygen atoms in total. The first-order valence-electron chi connectivity index (χ1n) is 5.79. The first kappa shape index (κ1) is 11.4. The van der Waals surface area contributed by atoms with E-state index in [0.717, 1.165) is 0 Å². The molecule has 0 spiro atoms. The molecule has 0 saturated heterocycles. The third-order valence-corrected chi connectivity index (χ3v) is 2.84. The Kier molecular flexibility index (Phi) is 2.71. The average Bonchev–Trinajstić information content (AvgIpc) is 2.86. The van der Waals surface area contributed by atoms with Gasteiger partial charge in [-0.1, -0.05) is 18.2 Å². The maximum atomic E-state index is 12.2. The summed E-state index contributed by atoms with van der Waals surface area (Å²) in [5.74, 6) is -0.231. The van der Waals surface area contributed by atoms with Gasteiger partial charge in [-0.3, -0.25) is 14.9 Å². The zero-order valence-corrected chi connectivity index (χ0v) is 9.91. The van der Waals surface area contributed by atoms with Crippen LogP contribution in [0.3, 0.4) is 0 Å². The molecule has 1 aliphatic heterocycles. The van der Waals surface area contributed by atoms with Crippen molar-refractivity contribution in [1.82, 2.24) is 14.8 Å². The van der Waals surface area contributed by atoms with Crippen LogP contribution in [0.5, 0.6) is 0 Å². The normalized spacial score (nSPS) is 17.5. The number of hydrogen-bond donors (Lipinski definition) is 2. The van der Waals surface area contributed by atoms with Crippen molar-refractivity contribution in [2.75, 3.05) is 10.6 Å². The van der Waals surface area contributed by atoms with Gasteiger partial charge in [0.05, 0.1) is 6.42 Å². The van der Waals surface area contributed by atoms with Crippen molar-refractivity contribution in [3.05, 3.63) is 36.7 Å². The fourth-order valence-electron chi connectivity index (χ4n) is 1.96. The van der Waals surface area contributed by atoms with Gasteiger partial charge in [-0.2, -0.15) is 10.1 Å². The van der Waals surface area contributed by atoms with Crippen molar-refractivity contribution < 1.29 is 9.59 Å². The second-order valence-electron chi connectivity index (χ2n) is 4.15. The van der Waals surface area contributed by atoms with Gasteiger partial charge in [-0.25, -0.2) is 4.68 Å². The lowest BCUT2D eigenvalue weighted by atomic mass is 10.1. The summed E-state index contributed by atoms with van der Waals surface area (Å²) in [6.45, 7) is 0. The molecule has 2 aromatic rings. The molecule has 0 fully saturated rings. The van der Waals surface area contributed by atoms with E-state index in [2.05, 4.69) is 20.7 Å². The van der Waals surface area contributed by atoms with Crippen LogP contribution in [0.25, 0.3) is 0 Å². The summed E-state index contributed by atoms with van der Waals surface area (Å²) in [6, 6.07) is 8.39. The van der Waals surface area contributed by atoms with E-state index in [1.165, 1.54) is 11.0 Å². The molecular weight excluding hydrogens is 246 g/mol. The van der Waals surface area contributed by atoms with Crippen LogP contribution in [0, 0.1) is 0 Å². The molecule has 1 atom stereocenters. The van der Waals surface area contributed by atoms with Crippen molar-refractivity contribution in [1.29, 1.82) is 0 Å². The second-order valence-corrected chi connectivity index (χ2v) is 4.15. The number of aromatic nitrogens is 3. The molecule has 2 heterocycles. The highest BCUT2D eigenvalue weighted by atomic mass is 16.2. The molecule has 0 radical (unpaired) electrons. The van der Waals surface area contributed by atoms with E-state index >= 15 is 0 Å². The Morgan fingerprint density at radius 3 is 2.95 bits per heavy atom. The Labute approximate surface area is 108 Å². The van der Waals surface area contributed by atoms with Crippen LogP contribution in [0.2, 0.25) is 0 Å². The highest BCUT2D eigenvalue weighted by molar-refractivity contribution is 6.00. The lowest BCUT2D eigenvalue weighted by Gasteiger charge is -2.22. The van der Waals surface area contributed by atoms with E-state index in [9.17, 15) is 9.59 Å². The zero-order valence-electron chi connectivity index (χ0n) is 9.91. The highest BCUT2D eigenvalue weighted by Gasteiger charge is 2.31. The Morgan fingerprint density at radius 2 is 2.16 bits per heavy atom. The minimum Gasteiger partial charge on any atom is -0.324 e. The van der Waals surface area contributed by atoms with Gasteiger partial charge in [0.15, 0.2) is 0 Å². The topological polar surface area (TPSA) is 88.9 Å². The zero-order chi connectivity index (χ0) is 13.2. The third kappa shape index (κ3) is 2.17. The third-order valence-electron chi connectivity index (χ3n) is 2.84. The Hall–Kier alpha value is -2.70. The van der Waals surface area contributed by atoms with E-state index in [1.54, 1.807) is 12.1 Å². The first-order valence-corrected chi connectivity index (χ1v) is 5.79. The molecule has 19 heavy (non-hydrogen) atoms. The van der Waals surface area contributed by atoms with Crippen molar-refractivity contribution in [3.8, 4) is 0 Å². The number of fused-ring (bicyclic) bond motifs is 1. The largest absolute Gasteiger partial charge is 0.324 e. The molecule has 96 valence electrons. The van der Waals surface area contributed by atoms with Gasteiger partial charge in [-0.05, 0) is 12.1 Å². The number of hydrogen-bond acceptors (Lipinski definition) is 4. The van der Waals surface area contributed by atoms with Gasteiger partial charge < -0.3 is 5.32 Å². The lowest BCUT2D eigenvalue weighted by molar-refractivity contribution is -0.125. The van der Waals surface area contributed by atoms with Crippen LogP contribution in [-0.4, -0.2) is 26.6 Å². The molecule has 3 rings (SSSR count). The SMILES string of the molecule is O=C1C[C@@H](C(=O)Nc2ccccc2)n2ncnc2N1. The van der Waals surface area contributed by atoms with Gasteiger partial charge >= 0.3 is 0 Å². The Balaban J connectivity index is 1.83. The van der Waals surface area contributed by atoms with E-state index in [-0.39, 0.29) is 18.2 Å². The highest BCUT2D eigenvalue weighted by Crippen LogP contribution is 2.22. The number of para-hydroxylation sites is 1. The molecule has 1 aromatic heterocycles. The number of rotatable bonds is 2. The predicted octanol–water partition coefficient (Wildman–Crippen LogP) is 0.800. The van der Waals surface area contributed by atoms with Gasteiger partial charge in [0.2, 0.25) is 17.8 Å². The van der Waals surface area contributed by atoms with Crippen LogP contribution >= 0.6 is 0 Å². The minimum atomic E-state index is -0.675. The molecular formula is C12H11N5O2. The summed E-state index contributed by atoms with van der Waals surface area (Å²) in [5, 5.41) is 9.28. The number of amides is 2. The summed E-state index contributed by atoms with van der Waals surface area (Å²) >= 11 is 0. The molecule has 2 amide bonds. The predicted molar refractivity (Wildman–Crippen MR) is 67.4 cm³/mol. The van der Waals surface area contributed by atoms with Crippen LogP contribution in [-0.2, 0) is 9.59 Å². The maximum absolute atomic E-state index is 12.2. The molecule has 0 unspecified atom stereocenters. The Bertz CT molecular complexity index is 622. The van der Waals surface area contributed by atoms with Gasteiger partial charge in [0.1, 0.15) is 12.4 Å². The molecule has 2 N–H and O–H groups in total. The monoisotopic (exact) mass is 257 g/mol. The summed E-state index contributed by atoms with van der Waals surface area (Å²) in [4.78, 5) is 27.6. The van der Waals surface area contributed by atoms with E-state index in [1.807, 2.05) is 18.2 Å². The number of anilines is 2. The number of benzene rings is 1. The van der Waals surface area contributed by atoms with Crippen molar-refractivity contribution in [2.45, 2.75) is 12.5 Å². The Morgan fingerprint density at radius 1 is 1.37 bits per heavy atom. The fraction of sp³-hybridized carbons (Fsp3) is 0.167. The van der Waals surface area contributed by atoms with Crippen LogP contribution in [0.4, 0.5) is 11.6 Å². The fourth-order valence-corrected chi connectivity index (χ4v) is 1.96. The van der Waals surface area contributed by atoms with Gasteiger partial charge in [0.25, 0.3) is 0 Å². The second kappa shape index (κ2) is 4.52. The number of nitrogens with zero attached hydrogens (tertiary/aromatic N) is 3. The van der Waals surface area contributed by atoms with E-state index in [0.29, 0.717) is 11.6 Å². The molecule has 0 bridgehead atoms. The number of carbonyl (C=O) groups excluding carboxylic acids is 2. The lowest BCUT2D eigenvalue weighted by Crippen LogP contribution is -2.35. The summed E-state index contributed by atoms with van der Waals surface area (Å²) in [7, 11) is 0. The standard InChI is InChI=1S/C12H11N5O2/c18-10-6-9(17-12(16-10)13-7-14-17)11(19)15-8-4-2-1-3-5-8/h1-5,7,9H,6H2,(H,15,19)(H,13,14,16,18)/t9-/m0/s1. The van der Waals surface area contributed by atoms with Gasteiger partial charge in [0, 0.05) is 5.69 Å². The quantitative estimate of drug-likeness (QED) is 0.832. The summed E-state index contributed by atoms with van der Waals surface area (Å²) in [5.41, 5.74) is 0.681. The smallest absolute Gasteiger partial charge is 0.249 e. The first-order chi connectivity index (χ1) is 9.24. The molecule has 1 aliphatic rings. The number of nitrogens with one attached hydrogen (secondary N) is 2. The van der Waals surface area contributed by atoms with E-state index < -0.39 is 6.04 Å². The summed E-state index contributed by atoms with van der Waals surface area (Å²) < 4.78 is 1.42. The van der Waals surface area contributed by atoms with Crippen molar-refractivity contribution in [3.63, 3.8) is 0 Å². The summed E-state index contributed by atoms with van der Waals surface area (Å²) in [6.07, 6.45) is 1.36. The maximum Gasteiger partial charge on any atom is 0.249 e. The molecule has 0 aliphatic carbocycles.